The van der Waals surface area contributed by atoms with Gasteiger partial charge in [0.05, 0.1) is 17.3 Å². The molecule has 23 heavy (non-hydrogen) atoms. The maximum absolute atomic E-state index is 12.1. The van der Waals surface area contributed by atoms with Crippen molar-refractivity contribution >= 4 is 23.7 Å². The minimum absolute atomic E-state index is 0.276. The minimum atomic E-state index is -0.309. The monoisotopic (exact) mass is 306 g/mol. The molecule has 114 valence electrons. The summed E-state index contributed by atoms with van der Waals surface area (Å²) in [5.74, 6) is 0. The van der Waals surface area contributed by atoms with Crippen LogP contribution in [0.25, 0.3) is 0 Å². The van der Waals surface area contributed by atoms with E-state index in [9.17, 15) is 4.79 Å². The number of para-hydroxylation sites is 1. The molecule has 0 bridgehead atoms. The van der Waals surface area contributed by atoms with Crippen LogP contribution in [-0.2, 0) is 0 Å². The summed E-state index contributed by atoms with van der Waals surface area (Å²) in [7, 11) is 0. The van der Waals surface area contributed by atoms with Gasteiger partial charge in [0.15, 0.2) is 0 Å². The Morgan fingerprint density at radius 2 is 1.83 bits per heavy atom. The van der Waals surface area contributed by atoms with Gasteiger partial charge in [0.1, 0.15) is 13.0 Å². The van der Waals surface area contributed by atoms with Crippen molar-refractivity contribution in [2.75, 3.05) is 17.4 Å². The fourth-order valence-electron chi connectivity index (χ4n) is 2.02. The summed E-state index contributed by atoms with van der Waals surface area (Å²) in [6, 6.07) is 18.0. The summed E-state index contributed by atoms with van der Waals surface area (Å²) >= 11 is 0. The first-order chi connectivity index (χ1) is 11.2. The topological polar surface area (TPSA) is 83.8 Å². The zero-order valence-electron chi connectivity index (χ0n) is 12.2. The third-order valence-corrected chi connectivity index (χ3v) is 3.16. The molecule has 0 aliphatic carbocycles. The van der Waals surface area contributed by atoms with Gasteiger partial charge in [-0.3, -0.25) is 10.4 Å². The van der Waals surface area contributed by atoms with Gasteiger partial charge in [-0.25, -0.2) is 4.79 Å². The molecule has 2 amide bonds. The largest absolute Gasteiger partial charge is 0.344 e. The number of hydrogen-bond acceptors (Lipinski definition) is 5. The van der Waals surface area contributed by atoms with Gasteiger partial charge in [0.2, 0.25) is 0 Å². The molecule has 1 aliphatic heterocycles. The molecule has 7 nitrogen and oxygen atoms in total. The molecular weight excluding hydrogens is 292 g/mol. The van der Waals surface area contributed by atoms with Gasteiger partial charge in [-0.15, -0.1) is 0 Å². The number of hydrogen-bond donors (Lipinski definition) is 2. The Labute approximate surface area is 133 Å². The quantitative estimate of drug-likeness (QED) is 0.913. The number of rotatable bonds is 3. The Balaban J connectivity index is 1.55. The predicted molar refractivity (Wildman–Crippen MR) is 87.3 cm³/mol. The van der Waals surface area contributed by atoms with E-state index in [1.165, 1.54) is 11.3 Å². The summed E-state index contributed by atoms with van der Waals surface area (Å²) < 4.78 is 0. The lowest BCUT2D eigenvalue weighted by Gasteiger charge is -2.19. The van der Waals surface area contributed by atoms with E-state index in [0.29, 0.717) is 11.3 Å². The van der Waals surface area contributed by atoms with Crippen molar-refractivity contribution in [1.29, 1.82) is 5.26 Å². The maximum atomic E-state index is 12.1. The number of urea groups is 1. The molecule has 2 aromatic rings. The van der Waals surface area contributed by atoms with E-state index in [1.54, 1.807) is 29.3 Å². The van der Waals surface area contributed by atoms with Crippen LogP contribution in [0.2, 0.25) is 0 Å². The molecule has 2 N–H and O–H groups in total. The summed E-state index contributed by atoms with van der Waals surface area (Å²) in [6.07, 6.45) is 1.53. The maximum Gasteiger partial charge on any atom is 0.344 e. The third kappa shape index (κ3) is 3.57. The van der Waals surface area contributed by atoms with Gasteiger partial charge in [0.25, 0.3) is 0 Å². The van der Waals surface area contributed by atoms with Crippen molar-refractivity contribution in [3.05, 3.63) is 60.2 Å². The van der Waals surface area contributed by atoms with Gasteiger partial charge >= 0.3 is 6.03 Å². The van der Waals surface area contributed by atoms with Crippen molar-refractivity contribution < 1.29 is 4.79 Å². The van der Waals surface area contributed by atoms with Gasteiger partial charge in [-0.1, -0.05) is 18.2 Å². The Hall–Kier alpha value is -3.53. The SMILES string of the molecule is N#Cc1ccc(NN2C=NN(C(=O)Nc3ccccc3)C2)cc1. The van der Waals surface area contributed by atoms with Crippen molar-refractivity contribution in [2.24, 2.45) is 5.10 Å². The first kappa shape index (κ1) is 14.4. The predicted octanol–water partition coefficient (Wildman–Crippen LogP) is 2.64. The van der Waals surface area contributed by atoms with Gasteiger partial charge in [-0.05, 0) is 36.4 Å². The summed E-state index contributed by atoms with van der Waals surface area (Å²) in [4.78, 5) is 12.1. The molecule has 0 saturated carbocycles. The fourth-order valence-corrected chi connectivity index (χ4v) is 2.02. The van der Waals surface area contributed by atoms with Crippen LogP contribution in [-0.4, -0.2) is 29.1 Å². The van der Waals surface area contributed by atoms with E-state index in [4.69, 9.17) is 5.26 Å². The number of hydrazone groups is 1. The van der Waals surface area contributed by atoms with Crippen LogP contribution in [0.3, 0.4) is 0 Å². The second kappa shape index (κ2) is 6.49. The molecule has 3 rings (SSSR count). The lowest BCUT2D eigenvalue weighted by atomic mass is 10.2. The molecule has 2 aromatic carbocycles. The second-order valence-corrected chi connectivity index (χ2v) is 4.84. The molecule has 0 fully saturated rings. The zero-order chi connectivity index (χ0) is 16.1. The number of carbonyl (C=O) groups excluding carboxylic acids is 1. The van der Waals surface area contributed by atoms with Crippen molar-refractivity contribution in [2.45, 2.75) is 0 Å². The summed E-state index contributed by atoms with van der Waals surface area (Å²) in [5, 5.41) is 18.6. The Kier molecular flexibility index (Phi) is 4.07. The number of amides is 2. The van der Waals surface area contributed by atoms with Crippen LogP contribution in [0.4, 0.5) is 16.2 Å². The van der Waals surface area contributed by atoms with E-state index in [2.05, 4.69) is 21.9 Å². The number of hydrazine groups is 1. The minimum Gasteiger partial charge on any atom is -0.306 e. The van der Waals surface area contributed by atoms with Crippen LogP contribution in [0.15, 0.2) is 59.7 Å². The fraction of sp³-hybridized carbons (Fsp3) is 0.0625. The average molecular weight is 306 g/mol. The molecule has 0 unspecified atom stereocenters. The molecule has 0 aromatic heterocycles. The molecule has 1 heterocycles. The lowest BCUT2D eigenvalue weighted by molar-refractivity contribution is 0.207. The highest BCUT2D eigenvalue weighted by molar-refractivity contribution is 5.90. The number of nitrogens with zero attached hydrogens (tertiary/aromatic N) is 4. The first-order valence-corrected chi connectivity index (χ1v) is 6.96. The van der Waals surface area contributed by atoms with E-state index >= 15 is 0 Å². The number of anilines is 2. The van der Waals surface area contributed by atoms with Crippen LogP contribution >= 0.6 is 0 Å². The van der Waals surface area contributed by atoms with E-state index < -0.39 is 0 Å². The van der Waals surface area contributed by atoms with Crippen molar-refractivity contribution in [1.82, 2.24) is 10.0 Å². The molecule has 0 radical (unpaired) electrons. The van der Waals surface area contributed by atoms with E-state index in [1.807, 2.05) is 30.3 Å². The Bertz CT molecular complexity index is 750. The molecule has 0 atom stereocenters. The number of benzene rings is 2. The number of carbonyl (C=O) groups is 1. The highest BCUT2D eigenvalue weighted by Gasteiger charge is 2.20. The Morgan fingerprint density at radius 3 is 2.52 bits per heavy atom. The molecule has 0 saturated heterocycles. The van der Waals surface area contributed by atoms with E-state index in [-0.39, 0.29) is 12.7 Å². The van der Waals surface area contributed by atoms with Crippen LogP contribution in [0.1, 0.15) is 5.56 Å². The van der Waals surface area contributed by atoms with Crippen LogP contribution in [0.5, 0.6) is 0 Å². The Morgan fingerprint density at radius 1 is 1.09 bits per heavy atom. The first-order valence-electron chi connectivity index (χ1n) is 6.96. The van der Waals surface area contributed by atoms with Gasteiger partial charge < -0.3 is 5.32 Å². The average Bonchev–Trinajstić information content (AvgIpc) is 3.05. The highest BCUT2D eigenvalue weighted by atomic mass is 16.2. The third-order valence-electron chi connectivity index (χ3n) is 3.16. The number of nitrogens with one attached hydrogen (secondary N) is 2. The summed E-state index contributed by atoms with van der Waals surface area (Å²) in [6.45, 7) is 0.276. The molecule has 0 spiro atoms. The van der Waals surface area contributed by atoms with E-state index in [0.717, 1.165) is 5.69 Å². The zero-order valence-corrected chi connectivity index (χ0v) is 12.2. The summed E-state index contributed by atoms with van der Waals surface area (Å²) in [5.41, 5.74) is 5.21. The van der Waals surface area contributed by atoms with Crippen LogP contribution < -0.4 is 10.7 Å². The molecule has 7 heteroatoms. The normalized spacial score (nSPS) is 12.8. The van der Waals surface area contributed by atoms with Crippen LogP contribution in [0, 0.1) is 11.3 Å². The smallest absolute Gasteiger partial charge is 0.306 e. The van der Waals surface area contributed by atoms with Crippen molar-refractivity contribution in [3.63, 3.8) is 0 Å². The van der Waals surface area contributed by atoms with Gasteiger partial charge in [-0.2, -0.15) is 15.4 Å². The molecular formula is C16H14N6O. The lowest BCUT2D eigenvalue weighted by Crippen LogP contribution is -2.36. The van der Waals surface area contributed by atoms with Crippen molar-refractivity contribution in [3.8, 4) is 6.07 Å². The number of nitriles is 1. The van der Waals surface area contributed by atoms with Gasteiger partial charge in [0, 0.05) is 5.69 Å². The standard InChI is InChI=1S/C16H14N6O/c17-10-13-6-8-15(9-7-13)20-21-11-18-22(12-21)16(23)19-14-4-2-1-3-5-14/h1-9,11,20H,12H2,(H,19,23). The second-order valence-electron chi connectivity index (χ2n) is 4.84. The molecule has 1 aliphatic rings. The highest BCUT2D eigenvalue weighted by Crippen LogP contribution is 2.13.